The maximum Gasteiger partial charge on any atom is 0.488 e. The molecule has 8 heteroatoms. The lowest BCUT2D eigenvalue weighted by Gasteiger charge is -2.11. The minimum Gasteiger partial charge on any atom is -0.448 e. The Morgan fingerprint density at radius 2 is 2.07 bits per heavy atom. The minimum atomic E-state index is -4.79. The second kappa shape index (κ2) is 3.76. The summed E-state index contributed by atoms with van der Waals surface area (Å²) in [4.78, 5) is 0. The van der Waals surface area contributed by atoms with Gasteiger partial charge in [-0.3, -0.25) is 4.40 Å². The Hall–Kier alpha value is -1.18. The van der Waals surface area contributed by atoms with Crippen molar-refractivity contribution in [2.75, 3.05) is 5.65 Å². The minimum absolute atomic E-state index is 0.268. The number of thioether (sulfide) groups is 1. The van der Waals surface area contributed by atoms with Gasteiger partial charge in [-0.25, -0.2) is 0 Å². The second-order valence-corrected chi connectivity index (χ2v) is 3.92. The molecule has 0 saturated heterocycles. The van der Waals surface area contributed by atoms with E-state index in [9.17, 15) is 12.9 Å². The van der Waals surface area contributed by atoms with E-state index in [4.69, 9.17) is 0 Å². The van der Waals surface area contributed by atoms with Gasteiger partial charge in [0.25, 0.3) is 0 Å². The molecule has 0 unspecified atom stereocenters. The van der Waals surface area contributed by atoms with E-state index in [0.29, 0.717) is 17.4 Å². The van der Waals surface area contributed by atoms with Crippen LogP contribution in [0.2, 0.25) is 0 Å². The summed E-state index contributed by atoms with van der Waals surface area (Å²) in [6.45, 7) is -4.79. The lowest BCUT2D eigenvalue weighted by atomic mass is 9.98. The molecule has 0 aliphatic carbocycles. The summed E-state index contributed by atoms with van der Waals surface area (Å²) in [7, 11) is 0. The van der Waals surface area contributed by atoms with Gasteiger partial charge in [0, 0.05) is 6.20 Å². The summed E-state index contributed by atoms with van der Waals surface area (Å²) in [5, 5.41) is 7.70. The molecule has 15 heavy (non-hydrogen) atoms. The molecule has 0 radical (unpaired) electrons. The molecule has 0 saturated carbocycles. The average molecular weight is 232 g/mol. The molecule has 2 heterocycles. The topological polar surface area (TPSA) is 30.2 Å². The maximum absolute atomic E-state index is 12.0. The van der Waals surface area contributed by atoms with E-state index >= 15 is 0 Å². The maximum atomic E-state index is 12.0. The highest BCUT2D eigenvalue weighted by Gasteiger charge is 2.24. The van der Waals surface area contributed by atoms with Crippen molar-refractivity contribution < 1.29 is 12.9 Å². The van der Waals surface area contributed by atoms with E-state index in [2.05, 4.69) is 10.2 Å². The van der Waals surface area contributed by atoms with Crippen molar-refractivity contribution in [3.63, 3.8) is 0 Å². The van der Waals surface area contributed by atoms with Gasteiger partial charge in [0.2, 0.25) is 0 Å². The number of halogens is 3. The van der Waals surface area contributed by atoms with Gasteiger partial charge in [0.15, 0.2) is 10.8 Å². The normalized spacial score (nSPS) is 12.2. The number of aromatic nitrogens is 3. The van der Waals surface area contributed by atoms with Gasteiger partial charge < -0.3 is 12.9 Å². The van der Waals surface area contributed by atoms with E-state index in [1.165, 1.54) is 4.40 Å². The molecule has 0 N–H and O–H groups in total. The smallest absolute Gasteiger partial charge is 0.448 e. The monoisotopic (exact) mass is 232 g/mol. The third-order valence-electron chi connectivity index (χ3n) is 1.68. The number of pyridine rings is 1. The Balaban J connectivity index is 2.22. The number of fused-ring (bicyclic) bond motifs is 1. The fourth-order valence-electron chi connectivity index (χ4n) is 1.09. The molecule has 0 bridgehead atoms. The number of hydrogen-bond acceptors (Lipinski definition) is 3. The van der Waals surface area contributed by atoms with Crippen molar-refractivity contribution in [1.82, 2.24) is 14.6 Å². The molecular weight excluding hydrogens is 226 g/mol. The van der Waals surface area contributed by atoms with Crippen molar-refractivity contribution in [1.29, 1.82) is 0 Å². The summed E-state index contributed by atoms with van der Waals surface area (Å²) in [6.07, 6.45) is 1.64. The van der Waals surface area contributed by atoms with Gasteiger partial charge >= 0.3 is 6.98 Å². The quantitative estimate of drug-likeness (QED) is 0.600. The summed E-state index contributed by atoms with van der Waals surface area (Å²) >= 11 is 0.656. The van der Waals surface area contributed by atoms with Gasteiger partial charge in [0.05, 0.1) is 0 Å². The summed E-state index contributed by atoms with van der Waals surface area (Å²) in [5.74, 6) is 0. The zero-order valence-electron chi connectivity index (χ0n) is 7.48. The summed E-state index contributed by atoms with van der Waals surface area (Å²) < 4.78 is 37.6. The summed E-state index contributed by atoms with van der Waals surface area (Å²) in [5.41, 5.74) is -0.343. The predicted octanol–water partition coefficient (Wildman–Crippen LogP) is 2.21. The van der Waals surface area contributed by atoms with E-state index < -0.39 is 12.6 Å². The van der Waals surface area contributed by atoms with E-state index in [0.717, 1.165) is 0 Å². The fourth-order valence-corrected chi connectivity index (χ4v) is 1.82. The lowest BCUT2D eigenvalue weighted by molar-refractivity contribution is 0.485. The van der Waals surface area contributed by atoms with Crippen molar-refractivity contribution in [3.8, 4) is 0 Å². The standard InChI is InChI=1S/C7H6BF3N3S/c9-8(10,11)5-15-7-13-12-6-3-1-2-4-14(6)7/h1-4H,5H2/q-1. The van der Waals surface area contributed by atoms with Gasteiger partial charge in [-0.05, 0) is 17.8 Å². The highest BCUT2D eigenvalue weighted by atomic mass is 32.2. The molecule has 3 nitrogen and oxygen atoms in total. The van der Waals surface area contributed by atoms with Crippen molar-refractivity contribution in [2.24, 2.45) is 0 Å². The van der Waals surface area contributed by atoms with Crippen LogP contribution in [0, 0.1) is 0 Å². The van der Waals surface area contributed by atoms with Gasteiger partial charge in [-0.1, -0.05) is 6.07 Å². The average Bonchev–Trinajstić information content (AvgIpc) is 2.57. The molecule has 0 aliphatic heterocycles. The van der Waals surface area contributed by atoms with Crippen molar-refractivity contribution in [2.45, 2.75) is 5.16 Å². The molecule has 0 fully saturated rings. The van der Waals surface area contributed by atoms with Crippen LogP contribution in [-0.4, -0.2) is 27.2 Å². The fraction of sp³-hybridized carbons (Fsp3) is 0.143. The second-order valence-electron chi connectivity index (χ2n) is 2.93. The number of nitrogens with zero attached hydrogens (tertiary/aromatic N) is 3. The van der Waals surface area contributed by atoms with E-state index in [-0.39, 0.29) is 5.16 Å². The lowest BCUT2D eigenvalue weighted by Crippen LogP contribution is -2.19. The molecule has 0 atom stereocenters. The third-order valence-corrected chi connectivity index (χ3v) is 2.77. The largest absolute Gasteiger partial charge is 0.488 e. The van der Waals surface area contributed by atoms with Crippen LogP contribution in [0.15, 0.2) is 29.6 Å². The molecule has 2 rings (SSSR count). The Kier molecular flexibility index (Phi) is 2.60. The number of hydrogen-bond donors (Lipinski definition) is 0. The van der Waals surface area contributed by atoms with Crippen LogP contribution in [0.4, 0.5) is 12.9 Å². The van der Waals surface area contributed by atoms with Crippen LogP contribution < -0.4 is 0 Å². The van der Waals surface area contributed by atoms with Crippen LogP contribution in [-0.2, 0) is 0 Å². The zero-order valence-corrected chi connectivity index (χ0v) is 8.29. The van der Waals surface area contributed by atoms with Crippen LogP contribution in [0.25, 0.3) is 5.65 Å². The summed E-state index contributed by atoms with van der Waals surface area (Å²) in [6, 6.07) is 5.17. The van der Waals surface area contributed by atoms with Crippen LogP contribution in [0.3, 0.4) is 0 Å². The van der Waals surface area contributed by atoms with Crippen LogP contribution in [0.5, 0.6) is 0 Å². The highest BCUT2D eigenvalue weighted by Crippen LogP contribution is 2.22. The van der Waals surface area contributed by atoms with E-state index in [1.54, 1.807) is 24.4 Å². The molecule has 2 aromatic rings. The van der Waals surface area contributed by atoms with Crippen molar-refractivity contribution in [3.05, 3.63) is 24.4 Å². The highest BCUT2D eigenvalue weighted by molar-refractivity contribution is 8.00. The first kappa shape index (κ1) is 10.3. The first-order chi connectivity index (χ1) is 7.06. The molecule has 0 aromatic carbocycles. The predicted molar refractivity (Wildman–Crippen MR) is 52.8 cm³/mol. The van der Waals surface area contributed by atoms with Crippen LogP contribution >= 0.6 is 11.8 Å². The number of rotatable bonds is 3. The molecule has 0 spiro atoms. The SMILES string of the molecule is F[B-](F)(F)CSc1nnc2ccccn12. The Morgan fingerprint density at radius 1 is 1.27 bits per heavy atom. The third kappa shape index (κ3) is 2.44. The first-order valence-electron chi connectivity index (χ1n) is 4.20. The molecule has 2 aromatic heterocycles. The Morgan fingerprint density at radius 3 is 2.80 bits per heavy atom. The first-order valence-corrected chi connectivity index (χ1v) is 5.18. The Bertz CT molecular complexity index is 470. The molecule has 80 valence electrons. The molecule has 0 amide bonds. The van der Waals surface area contributed by atoms with E-state index in [1.807, 2.05) is 0 Å². The van der Waals surface area contributed by atoms with Gasteiger partial charge in [0.1, 0.15) is 0 Å². The van der Waals surface area contributed by atoms with Gasteiger partial charge in [-0.2, -0.15) is 0 Å². The van der Waals surface area contributed by atoms with Crippen LogP contribution in [0.1, 0.15) is 0 Å². The Labute approximate surface area is 87.7 Å². The zero-order chi connectivity index (χ0) is 10.9. The van der Waals surface area contributed by atoms with Crippen molar-refractivity contribution >= 4 is 24.4 Å². The molecular formula is C7H6BF3N3S-. The van der Waals surface area contributed by atoms with Gasteiger partial charge in [-0.15, -0.1) is 22.0 Å². The molecule has 0 aliphatic rings.